The normalized spacial score (nSPS) is 10.5. The monoisotopic (exact) mass is 194 g/mol. The van der Waals surface area contributed by atoms with Crippen LogP contribution in [0.3, 0.4) is 0 Å². The Balaban J connectivity index is 2.86. The van der Waals surface area contributed by atoms with E-state index in [2.05, 4.69) is 10.3 Å². The second kappa shape index (κ2) is 3.21. The molecule has 0 spiro atoms. The molecule has 0 aliphatic rings. The molecular formula is C10H8F2N2. The number of hydrogen-bond acceptors (Lipinski definition) is 2. The molecule has 2 rings (SSSR count). The van der Waals surface area contributed by atoms with Gasteiger partial charge in [0.05, 0.1) is 5.52 Å². The first-order chi connectivity index (χ1) is 6.74. The molecular weight excluding hydrogens is 186 g/mol. The van der Waals surface area contributed by atoms with E-state index in [-0.39, 0.29) is 5.69 Å². The molecule has 0 fully saturated rings. The predicted octanol–water partition coefficient (Wildman–Crippen LogP) is 2.55. The summed E-state index contributed by atoms with van der Waals surface area (Å²) in [5.41, 5.74) is 0.201. The molecule has 0 amide bonds. The standard InChI is InChI=1S/C10H8F2N2/c1-13-10-7(11)5-8-6(9(10)12)3-2-4-14-8/h2-5,13H,1H3. The highest BCUT2D eigenvalue weighted by atomic mass is 19.1. The van der Waals surface area contributed by atoms with E-state index in [9.17, 15) is 8.78 Å². The van der Waals surface area contributed by atoms with Crippen LogP contribution in [0.2, 0.25) is 0 Å². The third-order valence-corrected chi connectivity index (χ3v) is 2.05. The second-order valence-electron chi connectivity index (χ2n) is 2.87. The molecule has 0 bridgehead atoms. The lowest BCUT2D eigenvalue weighted by Crippen LogP contribution is -1.98. The summed E-state index contributed by atoms with van der Waals surface area (Å²) in [5.74, 6) is -1.23. The van der Waals surface area contributed by atoms with Crippen LogP contribution in [0, 0.1) is 11.6 Å². The molecule has 2 nitrogen and oxygen atoms in total. The molecule has 2 aromatic rings. The van der Waals surface area contributed by atoms with Gasteiger partial charge in [0.1, 0.15) is 5.69 Å². The van der Waals surface area contributed by atoms with Crippen molar-refractivity contribution in [2.45, 2.75) is 0 Å². The number of anilines is 1. The van der Waals surface area contributed by atoms with Gasteiger partial charge in [0.25, 0.3) is 0 Å². The topological polar surface area (TPSA) is 24.9 Å². The second-order valence-corrected chi connectivity index (χ2v) is 2.87. The highest BCUT2D eigenvalue weighted by molar-refractivity contribution is 5.83. The van der Waals surface area contributed by atoms with Crippen LogP contribution in [0.4, 0.5) is 14.5 Å². The minimum Gasteiger partial charge on any atom is -0.383 e. The van der Waals surface area contributed by atoms with Crippen molar-refractivity contribution in [3.63, 3.8) is 0 Å². The zero-order valence-corrected chi connectivity index (χ0v) is 7.51. The van der Waals surface area contributed by atoms with Crippen LogP contribution in [-0.2, 0) is 0 Å². The van der Waals surface area contributed by atoms with E-state index in [0.717, 1.165) is 0 Å². The van der Waals surface area contributed by atoms with Crippen molar-refractivity contribution in [3.8, 4) is 0 Å². The van der Waals surface area contributed by atoms with E-state index in [1.165, 1.54) is 19.3 Å². The first-order valence-corrected chi connectivity index (χ1v) is 4.14. The molecule has 4 heteroatoms. The van der Waals surface area contributed by atoms with Crippen molar-refractivity contribution in [2.24, 2.45) is 0 Å². The molecule has 72 valence electrons. The highest BCUT2D eigenvalue weighted by Crippen LogP contribution is 2.25. The van der Waals surface area contributed by atoms with Crippen LogP contribution in [0.25, 0.3) is 10.9 Å². The lowest BCUT2D eigenvalue weighted by molar-refractivity contribution is 0.598. The van der Waals surface area contributed by atoms with Gasteiger partial charge in [-0.15, -0.1) is 0 Å². The summed E-state index contributed by atoms with van der Waals surface area (Å²) in [6, 6.07) is 4.39. The summed E-state index contributed by atoms with van der Waals surface area (Å²) >= 11 is 0. The van der Waals surface area contributed by atoms with Gasteiger partial charge in [-0.2, -0.15) is 0 Å². The maximum atomic E-state index is 13.6. The molecule has 14 heavy (non-hydrogen) atoms. The first-order valence-electron chi connectivity index (χ1n) is 4.14. The van der Waals surface area contributed by atoms with Crippen molar-refractivity contribution in [1.29, 1.82) is 0 Å². The fourth-order valence-corrected chi connectivity index (χ4v) is 1.38. The fourth-order valence-electron chi connectivity index (χ4n) is 1.38. The molecule has 1 aromatic heterocycles. The largest absolute Gasteiger partial charge is 0.383 e. The third-order valence-electron chi connectivity index (χ3n) is 2.05. The molecule has 0 aliphatic heterocycles. The Morgan fingerprint density at radius 3 is 2.86 bits per heavy atom. The van der Waals surface area contributed by atoms with Gasteiger partial charge in [-0.1, -0.05) is 0 Å². The van der Waals surface area contributed by atoms with Crippen LogP contribution >= 0.6 is 0 Å². The Hall–Kier alpha value is -1.71. The average Bonchev–Trinajstić information content (AvgIpc) is 2.18. The SMILES string of the molecule is CNc1c(F)cc2ncccc2c1F. The number of hydrogen-bond donors (Lipinski definition) is 1. The number of nitrogens with zero attached hydrogens (tertiary/aromatic N) is 1. The molecule has 0 saturated carbocycles. The van der Waals surface area contributed by atoms with E-state index in [1.807, 2.05) is 0 Å². The van der Waals surface area contributed by atoms with Crippen molar-refractivity contribution in [2.75, 3.05) is 12.4 Å². The summed E-state index contributed by atoms with van der Waals surface area (Å²) in [6.07, 6.45) is 1.50. The number of nitrogens with one attached hydrogen (secondary N) is 1. The summed E-state index contributed by atoms with van der Waals surface area (Å²) in [4.78, 5) is 3.87. The third kappa shape index (κ3) is 1.19. The average molecular weight is 194 g/mol. The number of fused-ring (bicyclic) bond motifs is 1. The summed E-state index contributed by atoms with van der Waals surface area (Å²) in [5, 5.41) is 2.80. The predicted molar refractivity (Wildman–Crippen MR) is 51.2 cm³/mol. The fraction of sp³-hybridized carbons (Fsp3) is 0.100. The molecule has 0 unspecified atom stereocenters. The maximum absolute atomic E-state index is 13.6. The van der Waals surface area contributed by atoms with Crippen LogP contribution < -0.4 is 5.32 Å². The molecule has 0 saturated heterocycles. The number of rotatable bonds is 1. The molecule has 0 atom stereocenters. The zero-order chi connectivity index (χ0) is 10.1. The van der Waals surface area contributed by atoms with E-state index in [4.69, 9.17) is 0 Å². The molecule has 1 N–H and O–H groups in total. The van der Waals surface area contributed by atoms with Crippen LogP contribution in [0.1, 0.15) is 0 Å². The van der Waals surface area contributed by atoms with E-state index < -0.39 is 11.6 Å². The quantitative estimate of drug-likeness (QED) is 0.754. The summed E-state index contributed by atoms with van der Waals surface area (Å²) in [7, 11) is 1.48. The summed E-state index contributed by atoms with van der Waals surface area (Å²) in [6.45, 7) is 0. The van der Waals surface area contributed by atoms with Crippen LogP contribution in [-0.4, -0.2) is 12.0 Å². The first kappa shape index (κ1) is 8.87. The lowest BCUT2D eigenvalue weighted by Gasteiger charge is -2.06. The van der Waals surface area contributed by atoms with Crippen molar-refractivity contribution in [1.82, 2.24) is 4.98 Å². The van der Waals surface area contributed by atoms with Crippen LogP contribution in [0.5, 0.6) is 0 Å². The van der Waals surface area contributed by atoms with E-state index >= 15 is 0 Å². The van der Waals surface area contributed by atoms with Gasteiger partial charge in [0.2, 0.25) is 0 Å². The van der Waals surface area contributed by atoms with Gasteiger partial charge < -0.3 is 5.32 Å². The van der Waals surface area contributed by atoms with Gasteiger partial charge in [-0.05, 0) is 12.1 Å². The van der Waals surface area contributed by atoms with E-state index in [1.54, 1.807) is 12.1 Å². The summed E-state index contributed by atoms with van der Waals surface area (Å²) < 4.78 is 26.8. The molecule has 1 heterocycles. The maximum Gasteiger partial charge on any atom is 0.158 e. The number of halogens is 2. The highest BCUT2D eigenvalue weighted by Gasteiger charge is 2.12. The Labute approximate surface area is 79.6 Å². The zero-order valence-electron chi connectivity index (χ0n) is 7.51. The Morgan fingerprint density at radius 1 is 1.36 bits per heavy atom. The van der Waals surface area contributed by atoms with Gasteiger partial charge in [-0.3, -0.25) is 4.98 Å². The minimum absolute atomic E-state index is 0.120. The van der Waals surface area contributed by atoms with Gasteiger partial charge in [0.15, 0.2) is 11.6 Å². The number of pyridine rings is 1. The minimum atomic E-state index is -0.629. The van der Waals surface area contributed by atoms with Crippen molar-refractivity contribution in [3.05, 3.63) is 36.0 Å². The lowest BCUT2D eigenvalue weighted by atomic mass is 10.2. The van der Waals surface area contributed by atoms with Crippen molar-refractivity contribution >= 4 is 16.6 Å². The molecule has 0 radical (unpaired) electrons. The molecule has 0 aliphatic carbocycles. The van der Waals surface area contributed by atoms with Gasteiger partial charge in [-0.25, -0.2) is 8.78 Å². The smallest absolute Gasteiger partial charge is 0.158 e. The van der Waals surface area contributed by atoms with Gasteiger partial charge in [0, 0.05) is 24.7 Å². The number of aromatic nitrogens is 1. The van der Waals surface area contributed by atoms with Crippen molar-refractivity contribution < 1.29 is 8.78 Å². The Bertz CT molecular complexity index is 483. The van der Waals surface area contributed by atoms with E-state index in [0.29, 0.717) is 10.9 Å². The Kier molecular flexibility index (Phi) is 2.04. The molecule has 1 aromatic carbocycles. The number of benzene rings is 1. The van der Waals surface area contributed by atoms with Crippen LogP contribution in [0.15, 0.2) is 24.4 Å². The Morgan fingerprint density at radius 2 is 2.14 bits per heavy atom. The van der Waals surface area contributed by atoms with Gasteiger partial charge >= 0.3 is 0 Å².